The third-order valence-electron chi connectivity index (χ3n) is 3.51. The zero-order valence-corrected chi connectivity index (χ0v) is 11.8. The Morgan fingerprint density at radius 3 is 2.38 bits per heavy atom. The lowest BCUT2D eigenvalue weighted by atomic mass is 10.2. The number of aryl methyl sites for hydroxylation is 1. The number of hydrogen-bond donors (Lipinski definition) is 2. The molecule has 1 heterocycles. The van der Waals surface area contributed by atoms with Crippen LogP contribution in [0.3, 0.4) is 0 Å². The molecule has 2 aromatic carbocycles. The molecule has 0 bridgehead atoms. The molecule has 0 aliphatic heterocycles. The lowest BCUT2D eigenvalue weighted by molar-refractivity contribution is 0.295. The first kappa shape index (κ1) is 13.4. The molecule has 0 saturated heterocycles. The molecule has 0 radical (unpaired) electrons. The van der Waals surface area contributed by atoms with Crippen molar-refractivity contribution in [3.05, 3.63) is 54.2 Å². The van der Waals surface area contributed by atoms with Gasteiger partial charge in [-0.15, -0.1) is 0 Å². The Balaban J connectivity index is 1.88. The van der Waals surface area contributed by atoms with E-state index in [1.54, 1.807) is 36.4 Å². The molecule has 0 amide bonds. The van der Waals surface area contributed by atoms with E-state index in [9.17, 15) is 10.2 Å². The van der Waals surface area contributed by atoms with Gasteiger partial charge in [-0.05, 0) is 49.4 Å². The zero-order chi connectivity index (χ0) is 14.8. The van der Waals surface area contributed by atoms with Gasteiger partial charge in [0, 0.05) is 18.0 Å². The van der Waals surface area contributed by atoms with E-state index in [1.165, 1.54) is 0 Å². The average molecular weight is 283 g/mol. The van der Waals surface area contributed by atoms with Crippen LogP contribution in [0.2, 0.25) is 0 Å². The Labute approximate surface area is 122 Å². The molecule has 0 spiro atoms. The van der Waals surface area contributed by atoms with Crippen LogP contribution in [0.1, 0.15) is 12.6 Å². The van der Waals surface area contributed by atoms with E-state index in [2.05, 4.69) is 17.6 Å². The molecule has 108 valence electrons. The lowest BCUT2D eigenvalue weighted by Gasteiger charge is -2.10. The average Bonchev–Trinajstić information content (AvgIpc) is 2.83. The van der Waals surface area contributed by atoms with Gasteiger partial charge in [0.1, 0.15) is 23.9 Å². The maximum absolute atomic E-state index is 9.63. The fourth-order valence-corrected chi connectivity index (χ4v) is 2.49. The molecule has 1 aromatic heterocycles. The van der Waals surface area contributed by atoms with Gasteiger partial charge in [-0.2, -0.15) is 0 Å². The molecule has 2 N–H and O–H groups in total. The van der Waals surface area contributed by atoms with Crippen LogP contribution in [0, 0.1) is 0 Å². The second kappa shape index (κ2) is 5.40. The Bertz CT molecular complexity index is 760. The van der Waals surface area contributed by atoms with Gasteiger partial charge in [0.25, 0.3) is 0 Å². The molecule has 3 aromatic rings. The summed E-state index contributed by atoms with van der Waals surface area (Å²) >= 11 is 0. The second-order valence-corrected chi connectivity index (χ2v) is 4.91. The number of phenols is 2. The summed E-state index contributed by atoms with van der Waals surface area (Å²) in [4.78, 5) is 0. The monoisotopic (exact) mass is 283 g/mol. The van der Waals surface area contributed by atoms with Gasteiger partial charge in [-0.25, -0.2) is 0 Å². The normalized spacial score (nSPS) is 10.9. The van der Waals surface area contributed by atoms with E-state index in [0.29, 0.717) is 12.4 Å². The highest BCUT2D eigenvalue weighted by molar-refractivity contribution is 5.82. The summed E-state index contributed by atoms with van der Waals surface area (Å²) in [6, 6.07) is 14.1. The first-order chi connectivity index (χ1) is 10.2. The first-order valence-corrected chi connectivity index (χ1v) is 6.90. The van der Waals surface area contributed by atoms with E-state index < -0.39 is 0 Å². The van der Waals surface area contributed by atoms with Gasteiger partial charge in [0.15, 0.2) is 0 Å². The van der Waals surface area contributed by atoms with Crippen LogP contribution < -0.4 is 4.74 Å². The number of phenolic OH excluding ortho intramolecular Hbond substituents is 2. The molecule has 0 atom stereocenters. The van der Waals surface area contributed by atoms with Crippen molar-refractivity contribution in [2.75, 3.05) is 0 Å². The Morgan fingerprint density at radius 2 is 1.67 bits per heavy atom. The number of benzene rings is 2. The minimum absolute atomic E-state index is 0.223. The molecule has 0 unspecified atom stereocenters. The summed E-state index contributed by atoms with van der Waals surface area (Å²) in [5.41, 5.74) is 2.05. The summed E-state index contributed by atoms with van der Waals surface area (Å²) in [5.74, 6) is 1.20. The Morgan fingerprint density at radius 1 is 0.952 bits per heavy atom. The van der Waals surface area contributed by atoms with E-state index in [-0.39, 0.29) is 11.5 Å². The van der Waals surface area contributed by atoms with Crippen molar-refractivity contribution in [2.45, 2.75) is 20.1 Å². The van der Waals surface area contributed by atoms with Crippen molar-refractivity contribution in [2.24, 2.45) is 0 Å². The summed E-state index contributed by atoms with van der Waals surface area (Å²) in [7, 11) is 0. The van der Waals surface area contributed by atoms with E-state index in [0.717, 1.165) is 23.1 Å². The summed E-state index contributed by atoms with van der Waals surface area (Å²) in [6.45, 7) is 3.31. The predicted molar refractivity (Wildman–Crippen MR) is 81.7 cm³/mol. The van der Waals surface area contributed by atoms with Crippen molar-refractivity contribution >= 4 is 10.9 Å². The molecule has 21 heavy (non-hydrogen) atoms. The van der Waals surface area contributed by atoms with Crippen molar-refractivity contribution in [3.63, 3.8) is 0 Å². The molecule has 0 aliphatic carbocycles. The maximum Gasteiger partial charge on any atom is 0.128 e. The number of ether oxygens (including phenoxy) is 1. The molecular formula is C17H17NO3. The fraction of sp³-hybridized carbons (Fsp3) is 0.176. The number of aromatic hydroxyl groups is 2. The van der Waals surface area contributed by atoms with Gasteiger partial charge in [0.2, 0.25) is 0 Å². The molecule has 0 aliphatic rings. The maximum atomic E-state index is 9.63. The van der Waals surface area contributed by atoms with Gasteiger partial charge < -0.3 is 19.5 Å². The van der Waals surface area contributed by atoms with Crippen molar-refractivity contribution < 1.29 is 14.9 Å². The van der Waals surface area contributed by atoms with Gasteiger partial charge >= 0.3 is 0 Å². The van der Waals surface area contributed by atoms with Gasteiger partial charge in [-0.1, -0.05) is 0 Å². The largest absolute Gasteiger partial charge is 0.508 e. The number of nitrogens with zero attached hydrogens (tertiary/aromatic N) is 1. The standard InChI is InChI=1S/C17H17NO3/c1-2-18-13(9-12-3-4-15(20)10-17(12)18)11-21-16-7-5-14(19)6-8-16/h3-10,19-20H,2,11H2,1H3. The van der Waals surface area contributed by atoms with Crippen molar-refractivity contribution in [3.8, 4) is 17.2 Å². The summed E-state index contributed by atoms with van der Waals surface area (Å²) < 4.78 is 7.88. The SMILES string of the molecule is CCn1c(COc2ccc(O)cc2)cc2ccc(O)cc21. The second-order valence-electron chi connectivity index (χ2n) is 4.91. The van der Waals surface area contributed by atoms with E-state index in [4.69, 9.17) is 4.74 Å². The van der Waals surface area contributed by atoms with Crippen LogP contribution in [0.4, 0.5) is 0 Å². The minimum Gasteiger partial charge on any atom is -0.508 e. The number of hydrogen-bond acceptors (Lipinski definition) is 3. The quantitative estimate of drug-likeness (QED) is 0.768. The third kappa shape index (κ3) is 2.65. The summed E-state index contributed by atoms with van der Waals surface area (Å²) in [5, 5.41) is 20.0. The molecule has 0 fully saturated rings. The third-order valence-corrected chi connectivity index (χ3v) is 3.51. The van der Waals surface area contributed by atoms with Crippen LogP contribution in [0.15, 0.2) is 48.5 Å². The minimum atomic E-state index is 0.223. The number of fused-ring (bicyclic) bond motifs is 1. The summed E-state index contributed by atoms with van der Waals surface area (Å²) in [6.07, 6.45) is 0. The van der Waals surface area contributed by atoms with E-state index in [1.807, 2.05) is 6.07 Å². The number of rotatable bonds is 4. The predicted octanol–water partition coefficient (Wildman–Crippen LogP) is 3.65. The highest BCUT2D eigenvalue weighted by Crippen LogP contribution is 2.25. The van der Waals surface area contributed by atoms with Crippen LogP contribution in [0.25, 0.3) is 10.9 Å². The van der Waals surface area contributed by atoms with Crippen molar-refractivity contribution in [1.82, 2.24) is 4.57 Å². The zero-order valence-electron chi connectivity index (χ0n) is 11.8. The number of aromatic nitrogens is 1. The van der Waals surface area contributed by atoms with Gasteiger partial charge in [0.05, 0.1) is 11.2 Å². The van der Waals surface area contributed by atoms with Gasteiger partial charge in [-0.3, -0.25) is 0 Å². The molecule has 4 heteroatoms. The van der Waals surface area contributed by atoms with Crippen LogP contribution in [-0.2, 0) is 13.2 Å². The highest BCUT2D eigenvalue weighted by atomic mass is 16.5. The lowest BCUT2D eigenvalue weighted by Crippen LogP contribution is -2.04. The van der Waals surface area contributed by atoms with Crippen LogP contribution in [-0.4, -0.2) is 14.8 Å². The van der Waals surface area contributed by atoms with Crippen molar-refractivity contribution in [1.29, 1.82) is 0 Å². The van der Waals surface area contributed by atoms with Crippen LogP contribution in [0.5, 0.6) is 17.2 Å². The highest BCUT2D eigenvalue weighted by Gasteiger charge is 2.09. The fourth-order valence-electron chi connectivity index (χ4n) is 2.49. The smallest absolute Gasteiger partial charge is 0.128 e. The van der Waals surface area contributed by atoms with Crippen LogP contribution >= 0.6 is 0 Å². The Hall–Kier alpha value is -2.62. The first-order valence-electron chi connectivity index (χ1n) is 6.90. The molecule has 4 nitrogen and oxygen atoms in total. The molecule has 0 saturated carbocycles. The molecular weight excluding hydrogens is 266 g/mol. The topological polar surface area (TPSA) is 54.6 Å². The Kier molecular flexibility index (Phi) is 3.44. The van der Waals surface area contributed by atoms with E-state index >= 15 is 0 Å². The molecule has 3 rings (SSSR count).